The minimum Gasteiger partial charge on any atom is -0.474 e. The molecule has 1 atom stereocenters. The minimum atomic E-state index is 0.0513. The molecule has 146 valence electrons. The first-order valence-corrected chi connectivity index (χ1v) is 10.1. The SMILES string of the molecule is CC(C)n1ccc(-c2cc3ncccc3c(OC[C@@H]3CNCC4(CC4)O3)n2)c1. The topological polar surface area (TPSA) is 61.2 Å². The zero-order valence-corrected chi connectivity index (χ0v) is 16.4. The van der Waals surface area contributed by atoms with Crippen LogP contribution in [-0.2, 0) is 4.74 Å². The maximum absolute atomic E-state index is 6.23. The molecule has 1 aliphatic carbocycles. The summed E-state index contributed by atoms with van der Waals surface area (Å²) in [5.74, 6) is 0.622. The molecule has 0 radical (unpaired) electrons. The van der Waals surface area contributed by atoms with Crippen molar-refractivity contribution in [1.82, 2.24) is 19.9 Å². The number of hydrogen-bond donors (Lipinski definition) is 1. The van der Waals surface area contributed by atoms with E-state index < -0.39 is 0 Å². The van der Waals surface area contributed by atoms with Gasteiger partial charge < -0.3 is 19.4 Å². The first-order chi connectivity index (χ1) is 13.6. The highest BCUT2D eigenvalue weighted by molar-refractivity contribution is 5.86. The minimum absolute atomic E-state index is 0.0513. The molecule has 1 saturated carbocycles. The molecule has 28 heavy (non-hydrogen) atoms. The van der Waals surface area contributed by atoms with Crippen LogP contribution in [0.3, 0.4) is 0 Å². The van der Waals surface area contributed by atoms with Gasteiger partial charge >= 0.3 is 0 Å². The molecular formula is C22H26N4O2. The second kappa shape index (κ2) is 6.87. The molecular weight excluding hydrogens is 352 g/mol. The van der Waals surface area contributed by atoms with Gasteiger partial charge in [0.2, 0.25) is 5.88 Å². The second-order valence-corrected chi connectivity index (χ2v) is 8.19. The number of ether oxygens (including phenoxy) is 2. The van der Waals surface area contributed by atoms with Gasteiger partial charge in [-0.1, -0.05) is 0 Å². The van der Waals surface area contributed by atoms with Gasteiger partial charge in [-0.3, -0.25) is 4.98 Å². The van der Waals surface area contributed by atoms with Crippen LogP contribution in [0.2, 0.25) is 0 Å². The molecule has 2 aliphatic rings. The van der Waals surface area contributed by atoms with Gasteiger partial charge in [-0.2, -0.15) is 0 Å². The van der Waals surface area contributed by atoms with Crippen molar-refractivity contribution in [2.24, 2.45) is 0 Å². The smallest absolute Gasteiger partial charge is 0.223 e. The van der Waals surface area contributed by atoms with Gasteiger partial charge in [0, 0.05) is 43.3 Å². The normalized spacial score (nSPS) is 20.8. The number of pyridine rings is 2. The summed E-state index contributed by atoms with van der Waals surface area (Å²) >= 11 is 0. The Balaban J connectivity index is 1.43. The lowest BCUT2D eigenvalue weighted by Gasteiger charge is -2.30. The first kappa shape index (κ1) is 17.6. The lowest BCUT2D eigenvalue weighted by atomic mass is 10.1. The van der Waals surface area contributed by atoms with Crippen molar-refractivity contribution in [3.8, 4) is 17.1 Å². The van der Waals surface area contributed by atoms with Crippen LogP contribution in [0.15, 0.2) is 42.9 Å². The summed E-state index contributed by atoms with van der Waals surface area (Å²) in [5.41, 5.74) is 2.90. The Morgan fingerprint density at radius 3 is 3.04 bits per heavy atom. The summed E-state index contributed by atoms with van der Waals surface area (Å²) < 4.78 is 14.6. The van der Waals surface area contributed by atoms with Crippen LogP contribution in [0.4, 0.5) is 0 Å². The molecule has 2 fully saturated rings. The Kier molecular flexibility index (Phi) is 4.33. The van der Waals surface area contributed by atoms with Crippen molar-refractivity contribution in [3.05, 3.63) is 42.9 Å². The van der Waals surface area contributed by atoms with Crippen molar-refractivity contribution in [2.75, 3.05) is 19.7 Å². The fourth-order valence-electron chi connectivity index (χ4n) is 3.79. The van der Waals surface area contributed by atoms with Crippen LogP contribution in [0, 0.1) is 0 Å². The summed E-state index contributed by atoms with van der Waals surface area (Å²) in [6.45, 7) is 6.59. The van der Waals surface area contributed by atoms with E-state index in [1.54, 1.807) is 6.20 Å². The van der Waals surface area contributed by atoms with E-state index in [1.165, 1.54) is 0 Å². The molecule has 6 heteroatoms. The number of aromatic nitrogens is 3. The van der Waals surface area contributed by atoms with Gasteiger partial charge in [0.15, 0.2) is 0 Å². The van der Waals surface area contributed by atoms with Gasteiger partial charge in [0.05, 0.1) is 22.2 Å². The van der Waals surface area contributed by atoms with Crippen molar-refractivity contribution >= 4 is 10.9 Å². The summed E-state index contributed by atoms with van der Waals surface area (Å²) in [7, 11) is 0. The highest BCUT2D eigenvalue weighted by Crippen LogP contribution is 2.41. The van der Waals surface area contributed by atoms with Gasteiger partial charge in [0.25, 0.3) is 0 Å². The standard InChI is InChI=1S/C22H26N4O2/c1-15(2)26-9-5-16(12-26)19-10-20-18(4-3-8-24-20)21(25-19)27-13-17-11-23-14-22(28-17)6-7-22/h3-5,8-10,12,15,17,23H,6-7,11,13-14H2,1-2H3/t17-/m0/s1. The van der Waals surface area contributed by atoms with Gasteiger partial charge in [-0.25, -0.2) is 4.98 Å². The van der Waals surface area contributed by atoms with E-state index >= 15 is 0 Å². The number of morpholine rings is 1. The van der Waals surface area contributed by atoms with E-state index in [4.69, 9.17) is 14.5 Å². The van der Waals surface area contributed by atoms with Crippen LogP contribution in [0.25, 0.3) is 22.2 Å². The zero-order valence-electron chi connectivity index (χ0n) is 16.4. The average molecular weight is 378 g/mol. The van der Waals surface area contributed by atoms with Crippen LogP contribution < -0.4 is 10.1 Å². The molecule has 5 rings (SSSR count). The summed E-state index contributed by atoms with van der Waals surface area (Å²) in [5, 5.41) is 4.40. The molecule has 3 aromatic rings. The Hall–Kier alpha value is -2.44. The maximum Gasteiger partial charge on any atom is 0.223 e. The maximum atomic E-state index is 6.23. The van der Waals surface area contributed by atoms with Crippen molar-refractivity contribution in [3.63, 3.8) is 0 Å². The fourth-order valence-corrected chi connectivity index (χ4v) is 3.79. The molecule has 1 aliphatic heterocycles. The Morgan fingerprint density at radius 2 is 2.25 bits per heavy atom. The Morgan fingerprint density at radius 1 is 1.36 bits per heavy atom. The van der Waals surface area contributed by atoms with E-state index in [9.17, 15) is 0 Å². The molecule has 0 amide bonds. The lowest BCUT2D eigenvalue weighted by molar-refractivity contribution is -0.0716. The van der Waals surface area contributed by atoms with E-state index in [1.807, 2.05) is 18.2 Å². The monoisotopic (exact) mass is 378 g/mol. The fraction of sp³-hybridized carbons (Fsp3) is 0.455. The summed E-state index contributed by atoms with van der Waals surface area (Å²) in [4.78, 5) is 9.36. The third-order valence-corrected chi connectivity index (χ3v) is 5.62. The van der Waals surface area contributed by atoms with Gasteiger partial charge in [-0.05, 0) is 51.0 Å². The van der Waals surface area contributed by atoms with Crippen molar-refractivity contribution in [1.29, 1.82) is 0 Å². The number of nitrogens with zero attached hydrogens (tertiary/aromatic N) is 3. The third kappa shape index (κ3) is 3.38. The zero-order chi connectivity index (χ0) is 19.1. The summed E-state index contributed by atoms with van der Waals surface area (Å²) in [6, 6.07) is 8.46. The van der Waals surface area contributed by atoms with Gasteiger partial charge in [-0.15, -0.1) is 0 Å². The largest absolute Gasteiger partial charge is 0.474 e. The van der Waals surface area contributed by atoms with E-state index in [0.717, 1.165) is 48.1 Å². The molecule has 1 spiro atoms. The molecule has 4 heterocycles. The predicted octanol–water partition coefficient (Wildman–Crippen LogP) is 3.58. The van der Waals surface area contributed by atoms with E-state index in [2.05, 4.69) is 47.2 Å². The predicted molar refractivity (Wildman–Crippen MR) is 109 cm³/mol. The number of fused-ring (bicyclic) bond motifs is 1. The van der Waals surface area contributed by atoms with E-state index in [0.29, 0.717) is 18.5 Å². The second-order valence-electron chi connectivity index (χ2n) is 8.19. The quantitative estimate of drug-likeness (QED) is 0.735. The highest BCUT2D eigenvalue weighted by atomic mass is 16.6. The van der Waals surface area contributed by atoms with Crippen LogP contribution in [0.5, 0.6) is 5.88 Å². The molecule has 1 saturated heterocycles. The van der Waals surface area contributed by atoms with Crippen LogP contribution in [0.1, 0.15) is 32.7 Å². The Bertz CT molecular complexity index is 993. The number of rotatable bonds is 5. The highest BCUT2D eigenvalue weighted by Gasteiger charge is 2.47. The average Bonchev–Trinajstić information content (AvgIpc) is 3.25. The van der Waals surface area contributed by atoms with Crippen molar-refractivity contribution in [2.45, 2.75) is 44.4 Å². The molecule has 0 unspecified atom stereocenters. The molecule has 6 nitrogen and oxygen atoms in total. The number of nitrogens with one attached hydrogen (secondary N) is 1. The van der Waals surface area contributed by atoms with Gasteiger partial charge in [0.1, 0.15) is 12.7 Å². The summed E-state index contributed by atoms with van der Waals surface area (Å²) in [6.07, 6.45) is 8.35. The lowest BCUT2D eigenvalue weighted by Crippen LogP contribution is -2.48. The van der Waals surface area contributed by atoms with Crippen LogP contribution >= 0.6 is 0 Å². The molecule has 0 bridgehead atoms. The van der Waals surface area contributed by atoms with Crippen LogP contribution in [-0.4, -0.2) is 45.9 Å². The third-order valence-electron chi connectivity index (χ3n) is 5.62. The molecule has 1 N–H and O–H groups in total. The number of hydrogen-bond acceptors (Lipinski definition) is 5. The van der Waals surface area contributed by atoms with E-state index in [-0.39, 0.29) is 11.7 Å². The van der Waals surface area contributed by atoms with Crippen molar-refractivity contribution < 1.29 is 9.47 Å². The Labute approximate surface area is 164 Å². The molecule has 0 aromatic carbocycles. The molecule has 3 aromatic heterocycles. The first-order valence-electron chi connectivity index (χ1n) is 10.1.